The number of carbonyl (C=O) groups is 2. The molecule has 2 aliphatic heterocycles. The van der Waals surface area contributed by atoms with E-state index in [-0.39, 0.29) is 11.9 Å². The first-order valence-corrected chi connectivity index (χ1v) is 8.58. The highest BCUT2D eigenvalue weighted by molar-refractivity contribution is 5.85. The van der Waals surface area contributed by atoms with Crippen LogP contribution in [0.1, 0.15) is 39.5 Å². The molecule has 0 bridgehead atoms. The van der Waals surface area contributed by atoms with Crippen molar-refractivity contribution in [3.63, 3.8) is 0 Å². The van der Waals surface area contributed by atoms with Gasteiger partial charge in [-0.15, -0.1) is 0 Å². The highest BCUT2D eigenvalue weighted by atomic mass is 16.6. The number of esters is 2. The molecule has 25 heavy (non-hydrogen) atoms. The molecule has 136 valence electrons. The van der Waals surface area contributed by atoms with E-state index < -0.39 is 18.1 Å². The van der Waals surface area contributed by atoms with Gasteiger partial charge in [-0.1, -0.05) is 36.0 Å². The molecule has 2 aliphatic rings. The van der Waals surface area contributed by atoms with Crippen molar-refractivity contribution < 1.29 is 24.2 Å². The van der Waals surface area contributed by atoms with Gasteiger partial charge in [0.2, 0.25) is 0 Å². The van der Waals surface area contributed by atoms with Crippen LogP contribution in [-0.2, 0) is 19.1 Å². The molecule has 0 aromatic carbocycles. The van der Waals surface area contributed by atoms with Crippen LogP contribution < -0.4 is 0 Å². The van der Waals surface area contributed by atoms with E-state index in [4.69, 9.17) is 9.47 Å². The highest BCUT2D eigenvalue weighted by Gasteiger charge is 2.41. The molecule has 2 heterocycles. The quantitative estimate of drug-likeness (QED) is 0.540. The zero-order chi connectivity index (χ0) is 18.4. The van der Waals surface area contributed by atoms with Crippen LogP contribution in [0, 0.1) is 5.92 Å². The summed E-state index contributed by atoms with van der Waals surface area (Å²) in [6, 6.07) is 0. The summed E-state index contributed by atoms with van der Waals surface area (Å²) in [6.07, 6.45) is 8.81. The van der Waals surface area contributed by atoms with E-state index in [2.05, 4.69) is 12.7 Å². The first-order valence-electron chi connectivity index (χ1n) is 8.58. The summed E-state index contributed by atoms with van der Waals surface area (Å²) in [5.41, 5.74) is 3.07. The topological polar surface area (TPSA) is 72.8 Å². The molecule has 1 N–H and O–H groups in total. The minimum absolute atomic E-state index is 0.259. The van der Waals surface area contributed by atoms with Gasteiger partial charge in [-0.05, 0) is 38.7 Å². The molecular weight excluding hydrogens is 320 g/mol. The number of aliphatic hydroxyl groups excluding tert-OH is 1. The van der Waals surface area contributed by atoms with Crippen LogP contribution in [0.5, 0.6) is 0 Å². The van der Waals surface area contributed by atoms with Gasteiger partial charge in [0.15, 0.2) is 0 Å². The maximum absolute atomic E-state index is 11.9. The SMILES string of the molecule is C=C(C)C[C@@H]1OC(=O)[C@H](/C=C/C/C(C)=C/CCC2=CC(=O)OC2)[C@@H]1O. The number of ether oxygens (including phenoxy) is 2. The number of hydrogen-bond acceptors (Lipinski definition) is 5. The van der Waals surface area contributed by atoms with Crippen LogP contribution in [0.25, 0.3) is 0 Å². The van der Waals surface area contributed by atoms with Gasteiger partial charge in [-0.3, -0.25) is 4.79 Å². The van der Waals surface area contributed by atoms with Gasteiger partial charge < -0.3 is 14.6 Å². The minimum Gasteiger partial charge on any atom is -0.459 e. The van der Waals surface area contributed by atoms with Crippen molar-refractivity contribution in [3.05, 3.63) is 47.6 Å². The van der Waals surface area contributed by atoms with Gasteiger partial charge in [0.05, 0.1) is 0 Å². The van der Waals surface area contributed by atoms with Crippen molar-refractivity contribution >= 4 is 11.9 Å². The lowest BCUT2D eigenvalue weighted by molar-refractivity contribution is -0.143. The Balaban J connectivity index is 1.78. The average Bonchev–Trinajstić information content (AvgIpc) is 3.05. The number of hydrogen-bond donors (Lipinski definition) is 1. The first kappa shape index (κ1) is 19.2. The maximum Gasteiger partial charge on any atom is 0.331 e. The molecule has 2 rings (SSSR count). The Kier molecular flexibility index (Phi) is 6.76. The lowest BCUT2D eigenvalue weighted by atomic mass is 9.97. The molecule has 0 aromatic heterocycles. The fourth-order valence-corrected chi connectivity index (χ4v) is 2.91. The summed E-state index contributed by atoms with van der Waals surface area (Å²) in [7, 11) is 0. The molecule has 5 heteroatoms. The molecule has 0 radical (unpaired) electrons. The summed E-state index contributed by atoms with van der Waals surface area (Å²) >= 11 is 0. The van der Waals surface area contributed by atoms with E-state index in [0.717, 1.165) is 24.0 Å². The van der Waals surface area contributed by atoms with Crippen LogP contribution in [0.4, 0.5) is 0 Å². The van der Waals surface area contributed by atoms with Crippen molar-refractivity contribution in [1.29, 1.82) is 0 Å². The molecule has 3 atom stereocenters. The molecule has 0 aliphatic carbocycles. The van der Waals surface area contributed by atoms with Crippen molar-refractivity contribution in [1.82, 2.24) is 0 Å². The Morgan fingerprint density at radius 1 is 1.40 bits per heavy atom. The number of allylic oxidation sites excluding steroid dienone is 3. The predicted octanol–water partition coefficient (Wildman–Crippen LogP) is 3.01. The van der Waals surface area contributed by atoms with Crippen molar-refractivity contribution in [2.75, 3.05) is 6.61 Å². The Morgan fingerprint density at radius 3 is 2.80 bits per heavy atom. The molecule has 0 unspecified atom stereocenters. The lowest BCUT2D eigenvalue weighted by Gasteiger charge is -2.13. The third kappa shape index (κ3) is 5.71. The Labute approximate surface area is 148 Å². The van der Waals surface area contributed by atoms with Crippen LogP contribution >= 0.6 is 0 Å². The summed E-state index contributed by atoms with van der Waals surface area (Å²) < 4.78 is 10.1. The Morgan fingerprint density at radius 2 is 2.16 bits per heavy atom. The molecule has 1 fully saturated rings. The smallest absolute Gasteiger partial charge is 0.331 e. The van der Waals surface area contributed by atoms with Gasteiger partial charge in [0.1, 0.15) is 24.7 Å². The number of carbonyl (C=O) groups excluding carboxylic acids is 2. The van der Waals surface area contributed by atoms with E-state index in [1.165, 1.54) is 5.57 Å². The molecule has 0 amide bonds. The zero-order valence-electron chi connectivity index (χ0n) is 14.9. The maximum atomic E-state index is 11.9. The van der Waals surface area contributed by atoms with Crippen LogP contribution in [0.15, 0.2) is 47.6 Å². The molecule has 0 spiro atoms. The Hall–Kier alpha value is -2.14. The summed E-state index contributed by atoms with van der Waals surface area (Å²) in [5.74, 6) is -1.25. The van der Waals surface area contributed by atoms with Crippen LogP contribution in [-0.4, -0.2) is 35.9 Å². The van der Waals surface area contributed by atoms with Gasteiger partial charge >= 0.3 is 11.9 Å². The standard InChI is InChI=1S/C20H26O5/c1-13(2)10-17-19(22)16(20(23)25-17)9-5-7-14(3)6-4-8-15-11-18(21)24-12-15/h5-6,9,11,16-17,19,22H,1,4,7-8,10,12H2,2-3H3/b9-5+,14-6+/t16-,17+,19+/m1/s1. The predicted molar refractivity (Wildman–Crippen MR) is 94.6 cm³/mol. The summed E-state index contributed by atoms with van der Waals surface area (Å²) in [5, 5.41) is 10.2. The number of aliphatic hydroxyl groups is 1. The fraction of sp³-hybridized carbons (Fsp3) is 0.500. The van der Waals surface area contributed by atoms with E-state index in [1.807, 2.05) is 19.9 Å². The summed E-state index contributed by atoms with van der Waals surface area (Å²) in [6.45, 7) is 8.06. The second kappa shape index (κ2) is 8.81. The minimum atomic E-state index is -0.823. The third-order valence-electron chi connectivity index (χ3n) is 4.30. The van der Waals surface area contributed by atoms with E-state index in [0.29, 0.717) is 19.4 Å². The van der Waals surface area contributed by atoms with E-state index in [9.17, 15) is 14.7 Å². The van der Waals surface area contributed by atoms with Crippen molar-refractivity contribution in [3.8, 4) is 0 Å². The average molecular weight is 346 g/mol. The van der Waals surface area contributed by atoms with Crippen LogP contribution in [0.3, 0.4) is 0 Å². The van der Waals surface area contributed by atoms with Gasteiger partial charge in [0.25, 0.3) is 0 Å². The van der Waals surface area contributed by atoms with E-state index >= 15 is 0 Å². The molecule has 0 saturated carbocycles. The monoisotopic (exact) mass is 346 g/mol. The fourth-order valence-electron chi connectivity index (χ4n) is 2.91. The zero-order valence-corrected chi connectivity index (χ0v) is 14.9. The first-order chi connectivity index (χ1) is 11.9. The second-order valence-electron chi connectivity index (χ2n) is 6.78. The molecule has 5 nitrogen and oxygen atoms in total. The third-order valence-corrected chi connectivity index (χ3v) is 4.30. The van der Waals surface area contributed by atoms with Gasteiger partial charge in [0, 0.05) is 12.5 Å². The molecule has 0 aromatic rings. The Bertz CT molecular complexity index is 626. The number of rotatable bonds is 8. The van der Waals surface area contributed by atoms with Gasteiger partial charge in [-0.2, -0.15) is 0 Å². The largest absolute Gasteiger partial charge is 0.459 e. The van der Waals surface area contributed by atoms with E-state index in [1.54, 1.807) is 12.2 Å². The van der Waals surface area contributed by atoms with Gasteiger partial charge in [-0.25, -0.2) is 4.79 Å². The van der Waals surface area contributed by atoms with Crippen molar-refractivity contribution in [2.45, 2.75) is 51.7 Å². The highest BCUT2D eigenvalue weighted by Crippen LogP contribution is 2.27. The lowest BCUT2D eigenvalue weighted by Crippen LogP contribution is -2.25. The second-order valence-corrected chi connectivity index (χ2v) is 6.78. The number of cyclic esters (lactones) is 2. The normalized spacial score (nSPS) is 26.8. The summed E-state index contributed by atoms with van der Waals surface area (Å²) in [4.78, 5) is 22.8. The molecule has 1 saturated heterocycles. The van der Waals surface area contributed by atoms with Crippen LogP contribution in [0.2, 0.25) is 0 Å². The van der Waals surface area contributed by atoms with Crippen molar-refractivity contribution in [2.24, 2.45) is 5.92 Å². The molecular formula is C20H26O5.